The lowest BCUT2D eigenvalue weighted by Gasteiger charge is -2.36. The molecule has 88 valence electrons. The summed E-state index contributed by atoms with van der Waals surface area (Å²) < 4.78 is 11.4. The molecule has 0 amide bonds. The summed E-state index contributed by atoms with van der Waals surface area (Å²) in [6, 6.07) is 0.663. The average molecular weight is 213 g/mol. The Morgan fingerprint density at radius 2 is 2.20 bits per heavy atom. The minimum absolute atomic E-state index is 0.433. The molecular formula is C12H23NO2. The normalized spacial score (nSPS) is 37.8. The fraction of sp³-hybridized carbons (Fsp3) is 1.00. The molecule has 3 atom stereocenters. The Balaban J connectivity index is 1.80. The van der Waals surface area contributed by atoms with Crippen LogP contribution in [0.2, 0.25) is 0 Å². The van der Waals surface area contributed by atoms with E-state index in [-0.39, 0.29) is 0 Å². The van der Waals surface area contributed by atoms with Gasteiger partial charge in [-0.2, -0.15) is 0 Å². The van der Waals surface area contributed by atoms with Crippen LogP contribution < -0.4 is 5.32 Å². The first kappa shape index (κ1) is 11.4. The fourth-order valence-electron chi connectivity index (χ4n) is 2.69. The largest absolute Gasteiger partial charge is 0.381 e. The Morgan fingerprint density at radius 3 is 2.93 bits per heavy atom. The van der Waals surface area contributed by atoms with E-state index in [1.807, 2.05) is 0 Å². The predicted molar refractivity (Wildman–Crippen MR) is 60.0 cm³/mol. The first-order valence-corrected chi connectivity index (χ1v) is 6.33. The fourth-order valence-corrected chi connectivity index (χ4v) is 2.69. The monoisotopic (exact) mass is 213 g/mol. The smallest absolute Gasteiger partial charge is 0.0640 e. The first-order chi connectivity index (χ1) is 7.40. The Kier molecular flexibility index (Phi) is 4.42. The van der Waals surface area contributed by atoms with Gasteiger partial charge in [-0.15, -0.1) is 0 Å². The van der Waals surface area contributed by atoms with Crippen molar-refractivity contribution in [3.8, 4) is 0 Å². The van der Waals surface area contributed by atoms with Crippen LogP contribution in [0.4, 0.5) is 0 Å². The van der Waals surface area contributed by atoms with Crippen molar-refractivity contribution in [3.05, 3.63) is 0 Å². The second kappa shape index (κ2) is 5.83. The second-order valence-electron chi connectivity index (χ2n) is 4.67. The number of hydrogen-bond donors (Lipinski definition) is 1. The van der Waals surface area contributed by atoms with E-state index >= 15 is 0 Å². The van der Waals surface area contributed by atoms with Gasteiger partial charge in [0.25, 0.3) is 0 Å². The summed E-state index contributed by atoms with van der Waals surface area (Å²) in [6.07, 6.45) is 5.25. The molecule has 0 aromatic heterocycles. The van der Waals surface area contributed by atoms with Gasteiger partial charge in [0, 0.05) is 25.2 Å². The Hall–Kier alpha value is -0.120. The highest BCUT2D eigenvalue weighted by atomic mass is 16.5. The third kappa shape index (κ3) is 3.16. The molecular weight excluding hydrogens is 190 g/mol. The van der Waals surface area contributed by atoms with Crippen LogP contribution in [-0.4, -0.2) is 38.5 Å². The van der Waals surface area contributed by atoms with Gasteiger partial charge in [0.15, 0.2) is 0 Å². The molecule has 3 unspecified atom stereocenters. The molecule has 0 bridgehead atoms. The van der Waals surface area contributed by atoms with Gasteiger partial charge in [-0.1, -0.05) is 6.92 Å². The summed E-state index contributed by atoms with van der Waals surface area (Å²) in [5, 5.41) is 3.53. The van der Waals surface area contributed by atoms with Crippen molar-refractivity contribution in [2.75, 3.05) is 26.4 Å². The van der Waals surface area contributed by atoms with Gasteiger partial charge in [0.2, 0.25) is 0 Å². The molecule has 0 aromatic rings. The zero-order valence-corrected chi connectivity index (χ0v) is 9.71. The van der Waals surface area contributed by atoms with E-state index in [1.165, 1.54) is 19.3 Å². The van der Waals surface area contributed by atoms with Gasteiger partial charge in [-0.3, -0.25) is 0 Å². The van der Waals surface area contributed by atoms with E-state index in [0.29, 0.717) is 18.1 Å². The molecule has 0 saturated carbocycles. The molecule has 0 spiro atoms. The molecule has 3 nitrogen and oxygen atoms in total. The molecule has 3 heteroatoms. The lowest BCUT2D eigenvalue weighted by Crippen LogP contribution is -2.43. The van der Waals surface area contributed by atoms with Crippen LogP contribution in [-0.2, 0) is 9.47 Å². The highest BCUT2D eigenvalue weighted by molar-refractivity contribution is 4.82. The molecule has 2 heterocycles. The van der Waals surface area contributed by atoms with Gasteiger partial charge < -0.3 is 14.8 Å². The third-order valence-electron chi connectivity index (χ3n) is 3.53. The highest BCUT2D eigenvalue weighted by Gasteiger charge is 2.30. The number of ether oxygens (including phenoxy) is 2. The summed E-state index contributed by atoms with van der Waals surface area (Å²) in [5.41, 5.74) is 0. The molecule has 1 N–H and O–H groups in total. The van der Waals surface area contributed by atoms with Crippen LogP contribution in [0.25, 0.3) is 0 Å². The van der Waals surface area contributed by atoms with Crippen molar-refractivity contribution < 1.29 is 9.47 Å². The van der Waals surface area contributed by atoms with Crippen molar-refractivity contribution in [2.45, 2.75) is 44.8 Å². The Labute approximate surface area is 92.5 Å². The SMILES string of the molecule is CCNC1CCOC(C2CCCOC2)C1. The topological polar surface area (TPSA) is 30.5 Å². The first-order valence-electron chi connectivity index (χ1n) is 6.33. The highest BCUT2D eigenvalue weighted by Crippen LogP contribution is 2.26. The van der Waals surface area contributed by atoms with Crippen molar-refractivity contribution in [2.24, 2.45) is 5.92 Å². The summed E-state index contributed by atoms with van der Waals surface area (Å²) in [7, 11) is 0. The molecule has 2 aliphatic heterocycles. The number of nitrogens with one attached hydrogen (secondary N) is 1. The van der Waals surface area contributed by atoms with Crippen molar-refractivity contribution in [3.63, 3.8) is 0 Å². The number of hydrogen-bond acceptors (Lipinski definition) is 3. The second-order valence-corrected chi connectivity index (χ2v) is 4.67. The van der Waals surface area contributed by atoms with Crippen LogP contribution in [0.15, 0.2) is 0 Å². The molecule has 2 aliphatic rings. The molecule has 2 fully saturated rings. The van der Waals surface area contributed by atoms with Crippen LogP contribution >= 0.6 is 0 Å². The standard InChI is InChI=1S/C12H23NO2/c1-2-13-11-5-7-15-12(8-11)10-4-3-6-14-9-10/h10-13H,2-9H2,1H3. The van der Waals surface area contributed by atoms with Crippen molar-refractivity contribution in [1.29, 1.82) is 0 Å². The maximum Gasteiger partial charge on any atom is 0.0640 e. The van der Waals surface area contributed by atoms with Gasteiger partial charge in [-0.05, 0) is 32.2 Å². The van der Waals surface area contributed by atoms with Crippen LogP contribution in [0.3, 0.4) is 0 Å². The quantitative estimate of drug-likeness (QED) is 0.772. The van der Waals surface area contributed by atoms with E-state index in [4.69, 9.17) is 9.47 Å². The minimum Gasteiger partial charge on any atom is -0.381 e. The van der Waals surface area contributed by atoms with Crippen LogP contribution in [0, 0.1) is 5.92 Å². The van der Waals surface area contributed by atoms with Crippen molar-refractivity contribution in [1.82, 2.24) is 5.32 Å². The molecule has 0 aliphatic carbocycles. The summed E-state index contributed by atoms with van der Waals surface area (Å²) in [5.74, 6) is 0.639. The zero-order chi connectivity index (χ0) is 10.5. The lowest BCUT2D eigenvalue weighted by atomic mass is 9.89. The maximum absolute atomic E-state index is 5.87. The minimum atomic E-state index is 0.433. The van der Waals surface area contributed by atoms with E-state index in [2.05, 4.69) is 12.2 Å². The molecule has 2 rings (SSSR count). The lowest BCUT2D eigenvalue weighted by molar-refractivity contribution is -0.0740. The Bertz CT molecular complexity index is 178. The molecule has 0 radical (unpaired) electrons. The van der Waals surface area contributed by atoms with E-state index in [1.54, 1.807) is 0 Å². The Morgan fingerprint density at radius 1 is 1.27 bits per heavy atom. The molecule has 2 saturated heterocycles. The summed E-state index contributed by atoms with van der Waals surface area (Å²) in [4.78, 5) is 0. The van der Waals surface area contributed by atoms with Crippen LogP contribution in [0.1, 0.15) is 32.6 Å². The zero-order valence-electron chi connectivity index (χ0n) is 9.71. The third-order valence-corrected chi connectivity index (χ3v) is 3.53. The van der Waals surface area contributed by atoms with Gasteiger partial charge in [-0.25, -0.2) is 0 Å². The van der Waals surface area contributed by atoms with E-state index in [0.717, 1.165) is 32.8 Å². The average Bonchev–Trinajstić information content (AvgIpc) is 2.31. The maximum atomic E-state index is 5.87. The van der Waals surface area contributed by atoms with Crippen molar-refractivity contribution >= 4 is 0 Å². The summed E-state index contributed by atoms with van der Waals surface area (Å²) in [6.45, 7) is 6.01. The van der Waals surface area contributed by atoms with E-state index in [9.17, 15) is 0 Å². The molecule has 0 aromatic carbocycles. The summed E-state index contributed by atoms with van der Waals surface area (Å²) >= 11 is 0. The van der Waals surface area contributed by atoms with E-state index < -0.39 is 0 Å². The van der Waals surface area contributed by atoms with Gasteiger partial charge in [0.05, 0.1) is 12.7 Å². The van der Waals surface area contributed by atoms with Gasteiger partial charge in [0.1, 0.15) is 0 Å². The molecule has 15 heavy (non-hydrogen) atoms. The predicted octanol–water partition coefficient (Wildman–Crippen LogP) is 1.57. The van der Waals surface area contributed by atoms with Crippen LogP contribution in [0.5, 0.6) is 0 Å². The van der Waals surface area contributed by atoms with Gasteiger partial charge >= 0.3 is 0 Å². The number of rotatable bonds is 3.